The van der Waals surface area contributed by atoms with Gasteiger partial charge in [-0.1, -0.05) is 12.1 Å². The van der Waals surface area contributed by atoms with Crippen LogP contribution >= 0.6 is 0 Å². The Kier molecular flexibility index (Phi) is 3.46. The lowest BCUT2D eigenvalue weighted by atomic mass is 9.84. The number of benzene rings is 1. The number of aliphatic hydroxyl groups excluding tert-OH is 1. The number of carbonyl (C=O) groups is 1. The maximum Gasteiger partial charge on any atom is 0.234 e. The van der Waals surface area contributed by atoms with Crippen molar-refractivity contribution in [3.05, 3.63) is 29.3 Å². The Labute approximate surface area is 125 Å². The van der Waals surface area contributed by atoms with E-state index in [0.29, 0.717) is 11.3 Å². The van der Waals surface area contributed by atoms with Crippen molar-refractivity contribution in [2.45, 2.75) is 44.0 Å². The fourth-order valence-corrected chi connectivity index (χ4v) is 2.90. The number of carbonyl (C=O) groups excluding carboxylic acids is 1. The summed E-state index contributed by atoms with van der Waals surface area (Å²) in [7, 11) is -3.44. The van der Waals surface area contributed by atoms with Crippen molar-refractivity contribution in [3.63, 3.8) is 0 Å². The summed E-state index contributed by atoms with van der Waals surface area (Å²) in [4.78, 5) is 11.9. The first-order valence-corrected chi connectivity index (χ1v) is 8.61. The zero-order valence-electron chi connectivity index (χ0n) is 12.9. The second kappa shape index (κ2) is 4.55. The molecular weight excluding hydrogens is 290 g/mol. The third kappa shape index (κ3) is 2.36. The number of amides is 1. The van der Waals surface area contributed by atoms with E-state index < -0.39 is 26.1 Å². The Bertz CT molecular complexity index is 704. The van der Waals surface area contributed by atoms with Gasteiger partial charge in [0.2, 0.25) is 5.91 Å². The average molecular weight is 311 g/mol. The van der Waals surface area contributed by atoms with Gasteiger partial charge in [0, 0.05) is 11.9 Å². The second-order valence-corrected chi connectivity index (χ2v) is 9.26. The van der Waals surface area contributed by atoms with Gasteiger partial charge in [-0.3, -0.25) is 4.79 Å². The normalized spacial score (nSPS) is 19.0. The predicted octanol–water partition coefficient (Wildman–Crippen LogP) is 1.77. The van der Waals surface area contributed by atoms with Gasteiger partial charge >= 0.3 is 0 Å². The van der Waals surface area contributed by atoms with Crippen molar-refractivity contribution < 1.29 is 18.3 Å². The van der Waals surface area contributed by atoms with Gasteiger partial charge < -0.3 is 10.4 Å². The van der Waals surface area contributed by atoms with Crippen LogP contribution in [0.4, 0.5) is 5.69 Å². The smallest absolute Gasteiger partial charge is 0.234 e. The maximum atomic E-state index is 11.9. The van der Waals surface area contributed by atoms with Crippen molar-refractivity contribution >= 4 is 21.4 Å². The highest BCUT2D eigenvalue weighted by Crippen LogP contribution is 2.40. The Morgan fingerprint density at radius 1 is 1.29 bits per heavy atom. The number of aliphatic hydroxyl groups is 1. The highest BCUT2D eigenvalue weighted by Gasteiger charge is 2.42. The van der Waals surface area contributed by atoms with Crippen LogP contribution in [-0.2, 0) is 20.0 Å². The molecule has 1 aromatic rings. The molecule has 1 aliphatic rings. The van der Waals surface area contributed by atoms with Gasteiger partial charge in [-0.2, -0.15) is 0 Å². The summed E-state index contributed by atoms with van der Waals surface area (Å²) in [5.74, 6) is -0.105. The van der Waals surface area contributed by atoms with Crippen molar-refractivity contribution in [2.75, 3.05) is 11.6 Å². The Hall–Kier alpha value is -1.40. The van der Waals surface area contributed by atoms with E-state index in [1.165, 1.54) is 13.8 Å². The van der Waals surface area contributed by atoms with Crippen LogP contribution in [0.15, 0.2) is 18.2 Å². The molecule has 21 heavy (non-hydrogen) atoms. The molecule has 0 aliphatic carbocycles. The number of fused-ring (bicyclic) bond motifs is 1. The quantitative estimate of drug-likeness (QED) is 0.891. The van der Waals surface area contributed by atoms with Gasteiger partial charge in [0.15, 0.2) is 9.84 Å². The molecule has 0 saturated heterocycles. The molecular formula is C15H21NO4S. The summed E-state index contributed by atoms with van der Waals surface area (Å²) in [6.45, 7) is 6.58. The van der Waals surface area contributed by atoms with Crippen LogP contribution in [0.1, 0.15) is 44.9 Å². The van der Waals surface area contributed by atoms with Crippen molar-refractivity contribution in [1.82, 2.24) is 0 Å². The molecule has 0 bridgehead atoms. The van der Waals surface area contributed by atoms with Gasteiger partial charge in [0.25, 0.3) is 0 Å². The van der Waals surface area contributed by atoms with E-state index in [0.717, 1.165) is 11.8 Å². The molecule has 6 heteroatoms. The lowest BCUT2D eigenvalue weighted by Gasteiger charge is -2.29. The molecule has 116 valence electrons. The van der Waals surface area contributed by atoms with Gasteiger partial charge in [-0.05, 0) is 44.9 Å². The monoisotopic (exact) mass is 311 g/mol. The van der Waals surface area contributed by atoms with Crippen LogP contribution < -0.4 is 5.32 Å². The number of hydrogen-bond acceptors (Lipinski definition) is 4. The summed E-state index contributed by atoms with van der Waals surface area (Å²) >= 11 is 0. The molecule has 1 unspecified atom stereocenters. The molecule has 1 amide bonds. The molecule has 2 rings (SSSR count). The summed E-state index contributed by atoms with van der Waals surface area (Å²) < 4.78 is 22.4. The lowest BCUT2D eigenvalue weighted by Crippen LogP contribution is -2.38. The molecule has 1 atom stereocenters. The number of nitrogens with one attached hydrogen (secondary N) is 1. The second-order valence-electron chi connectivity index (χ2n) is 6.66. The summed E-state index contributed by atoms with van der Waals surface area (Å²) in [6, 6.07) is 5.07. The first-order valence-electron chi connectivity index (χ1n) is 6.72. The third-order valence-electron chi connectivity index (χ3n) is 4.46. The molecule has 0 spiro atoms. The topological polar surface area (TPSA) is 83.5 Å². The van der Waals surface area contributed by atoms with Gasteiger partial charge in [-0.25, -0.2) is 8.42 Å². The molecule has 0 fully saturated rings. The summed E-state index contributed by atoms with van der Waals surface area (Å²) in [5, 5.41) is 13.3. The molecule has 0 radical (unpaired) electrons. The van der Waals surface area contributed by atoms with Crippen molar-refractivity contribution in [3.8, 4) is 0 Å². The molecule has 0 saturated carbocycles. The first-order chi connectivity index (χ1) is 9.39. The van der Waals surface area contributed by atoms with E-state index in [2.05, 4.69) is 5.32 Å². The zero-order valence-corrected chi connectivity index (χ0v) is 13.7. The van der Waals surface area contributed by atoms with E-state index in [1.54, 1.807) is 32.0 Å². The maximum absolute atomic E-state index is 11.9. The Balaban J connectivity index is 2.50. The van der Waals surface area contributed by atoms with Crippen molar-refractivity contribution in [2.24, 2.45) is 0 Å². The highest BCUT2D eigenvalue weighted by molar-refractivity contribution is 7.92. The van der Waals surface area contributed by atoms with Gasteiger partial charge in [-0.15, -0.1) is 0 Å². The molecule has 0 aromatic heterocycles. The van der Waals surface area contributed by atoms with Crippen LogP contribution in [0.2, 0.25) is 0 Å². The zero-order chi connectivity index (χ0) is 16.2. The van der Waals surface area contributed by atoms with Crippen molar-refractivity contribution in [1.29, 1.82) is 0 Å². The third-order valence-corrected chi connectivity index (χ3v) is 6.60. The summed E-state index contributed by atoms with van der Waals surface area (Å²) in [5.41, 5.74) is 1.28. The van der Waals surface area contributed by atoms with Gasteiger partial charge in [0.05, 0.1) is 16.3 Å². The molecule has 1 aliphatic heterocycles. The van der Waals surface area contributed by atoms with Crippen LogP contribution in [0.5, 0.6) is 0 Å². The van der Waals surface area contributed by atoms with E-state index >= 15 is 0 Å². The fraction of sp³-hybridized carbons (Fsp3) is 0.533. The van der Waals surface area contributed by atoms with Crippen LogP contribution in [0, 0.1) is 0 Å². The highest BCUT2D eigenvalue weighted by atomic mass is 32.2. The van der Waals surface area contributed by atoms with E-state index in [4.69, 9.17) is 0 Å². The first kappa shape index (κ1) is 16.0. The minimum absolute atomic E-state index is 0.105. The van der Waals surface area contributed by atoms with Gasteiger partial charge in [0.1, 0.15) is 0 Å². The SMILES string of the molecule is CC1(C)C(=O)Nc2ccc(C(O)C(C)(C)S(C)(=O)=O)cc21. The number of rotatable bonds is 3. The molecule has 2 N–H and O–H groups in total. The minimum Gasteiger partial charge on any atom is -0.387 e. The number of sulfone groups is 1. The largest absolute Gasteiger partial charge is 0.387 e. The average Bonchev–Trinajstić information content (AvgIpc) is 2.58. The lowest BCUT2D eigenvalue weighted by molar-refractivity contribution is -0.119. The number of hydrogen-bond donors (Lipinski definition) is 2. The van der Waals surface area contributed by atoms with Crippen LogP contribution in [0.25, 0.3) is 0 Å². The van der Waals surface area contributed by atoms with Crippen LogP contribution in [0.3, 0.4) is 0 Å². The summed E-state index contributed by atoms with van der Waals surface area (Å²) in [6.07, 6.45) is -0.0530. The predicted molar refractivity (Wildman–Crippen MR) is 82.0 cm³/mol. The Morgan fingerprint density at radius 2 is 1.86 bits per heavy atom. The Morgan fingerprint density at radius 3 is 2.38 bits per heavy atom. The molecule has 5 nitrogen and oxygen atoms in total. The fourth-order valence-electron chi connectivity index (χ4n) is 2.36. The van der Waals surface area contributed by atoms with E-state index in [9.17, 15) is 18.3 Å². The van der Waals surface area contributed by atoms with Crippen LogP contribution in [-0.4, -0.2) is 30.4 Å². The van der Waals surface area contributed by atoms with E-state index in [1.807, 2.05) is 0 Å². The van der Waals surface area contributed by atoms with E-state index in [-0.39, 0.29) is 5.91 Å². The minimum atomic E-state index is -3.44. The molecule has 1 heterocycles. The molecule has 1 aromatic carbocycles. The number of anilines is 1. The standard InChI is InChI=1S/C15H21NO4S/c1-14(2)10-8-9(6-7-11(10)16-13(14)18)12(17)15(3,4)21(5,19)20/h6-8,12,17H,1-5H3,(H,16,18).